The van der Waals surface area contributed by atoms with E-state index < -0.39 is 24.0 Å². The van der Waals surface area contributed by atoms with Crippen LogP contribution in [0.25, 0.3) is 0 Å². The Morgan fingerprint density at radius 2 is 2.11 bits per heavy atom. The molecule has 18 heavy (non-hydrogen) atoms. The number of rotatable bonds is 0. The number of halogens is 3. The van der Waals surface area contributed by atoms with Gasteiger partial charge >= 0.3 is 12.3 Å². The monoisotopic (exact) mass is 260 g/mol. The van der Waals surface area contributed by atoms with Gasteiger partial charge in [-0.3, -0.25) is 4.90 Å². The zero-order valence-corrected chi connectivity index (χ0v) is 9.24. The van der Waals surface area contributed by atoms with E-state index >= 15 is 0 Å². The van der Waals surface area contributed by atoms with E-state index in [1.165, 1.54) is 0 Å². The highest BCUT2D eigenvalue weighted by atomic mass is 19.4. The fourth-order valence-corrected chi connectivity index (χ4v) is 2.05. The number of fused-ring (bicyclic) bond motifs is 1. The van der Waals surface area contributed by atoms with E-state index in [1.54, 1.807) is 0 Å². The molecule has 1 aromatic carbocycles. The quantitative estimate of drug-likeness (QED) is 0.752. The van der Waals surface area contributed by atoms with Crippen molar-refractivity contribution in [3.8, 4) is 0 Å². The average Bonchev–Trinajstić information content (AvgIpc) is 2.26. The fraction of sp³-hybridized carbons (Fsp3) is 0.364. The molecule has 1 amide bonds. The minimum Gasteiger partial charge on any atom is -0.465 e. The lowest BCUT2D eigenvalue weighted by Gasteiger charge is -2.33. The summed E-state index contributed by atoms with van der Waals surface area (Å²) >= 11 is 0. The van der Waals surface area contributed by atoms with Gasteiger partial charge in [0, 0.05) is 0 Å². The molecule has 1 heterocycles. The van der Waals surface area contributed by atoms with Gasteiger partial charge in [-0.25, -0.2) is 4.79 Å². The standard InChI is InChI=1S/C11H11F3N2O2/c12-11(13,14)7-2-3-8-6(5-7)1-4-9(15)16(8)10(17)18/h2-3,5,9H,1,4,15H2,(H,17,18). The minimum absolute atomic E-state index is 0.231. The van der Waals surface area contributed by atoms with E-state index in [0.29, 0.717) is 18.4 Å². The third-order valence-corrected chi connectivity index (χ3v) is 2.91. The highest BCUT2D eigenvalue weighted by Crippen LogP contribution is 2.35. The molecule has 1 aliphatic heterocycles. The van der Waals surface area contributed by atoms with Crippen LogP contribution in [0.4, 0.5) is 23.7 Å². The Morgan fingerprint density at radius 1 is 1.44 bits per heavy atom. The maximum atomic E-state index is 12.5. The zero-order valence-electron chi connectivity index (χ0n) is 9.24. The molecule has 1 aromatic rings. The van der Waals surface area contributed by atoms with Crippen LogP contribution in [0.15, 0.2) is 18.2 Å². The number of hydrogen-bond acceptors (Lipinski definition) is 2. The van der Waals surface area contributed by atoms with Crippen molar-refractivity contribution >= 4 is 11.8 Å². The second kappa shape index (κ2) is 4.16. The summed E-state index contributed by atoms with van der Waals surface area (Å²) < 4.78 is 37.6. The number of nitrogens with two attached hydrogens (primary N) is 1. The van der Waals surface area contributed by atoms with Gasteiger partial charge in [0.2, 0.25) is 0 Å². The van der Waals surface area contributed by atoms with E-state index in [1.807, 2.05) is 0 Å². The second-order valence-corrected chi connectivity index (χ2v) is 4.10. The molecule has 4 nitrogen and oxygen atoms in total. The van der Waals surface area contributed by atoms with Gasteiger partial charge in [0.15, 0.2) is 0 Å². The number of anilines is 1. The van der Waals surface area contributed by atoms with Crippen molar-refractivity contribution in [2.24, 2.45) is 5.73 Å². The number of alkyl halides is 3. The molecule has 0 saturated carbocycles. The Morgan fingerprint density at radius 3 is 2.67 bits per heavy atom. The number of nitrogens with zero attached hydrogens (tertiary/aromatic N) is 1. The maximum absolute atomic E-state index is 12.5. The van der Waals surface area contributed by atoms with Gasteiger partial charge in [-0.05, 0) is 36.6 Å². The Bertz CT molecular complexity index is 488. The van der Waals surface area contributed by atoms with Crippen LogP contribution < -0.4 is 10.6 Å². The van der Waals surface area contributed by atoms with Crippen LogP contribution >= 0.6 is 0 Å². The first kappa shape index (κ1) is 12.7. The minimum atomic E-state index is -4.43. The molecule has 0 radical (unpaired) electrons. The lowest BCUT2D eigenvalue weighted by atomic mass is 9.97. The lowest BCUT2D eigenvalue weighted by Crippen LogP contribution is -2.48. The van der Waals surface area contributed by atoms with Gasteiger partial charge in [0.05, 0.1) is 17.4 Å². The van der Waals surface area contributed by atoms with Crippen molar-refractivity contribution in [1.29, 1.82) is 0 Å². The Kier molecular flexibility index (Phi) is 2.94. The summed E-state index contributed by atoms with van der Waals surface area (Å²) in [4.78, 5) is 11.9. The van der Waals surface area contributed by atoms with E-state index in [2.05, 4.69) is 0 Å². The van der Waals surface area contributed by atoms with Crippen LogP contribution in [0.5, 0.6) is 0 Å². The van der Waals surface area contributed by atoms with E-state index in [9.17, 15) is 18.0 Å². The zero-order chi connectivity index (χ0) is 13.5. The molecule has 0 bridgehead atoms. The molecular formula is C11H11F3N2O2. The summed E-state index contributed by atoms with van der Waals surface area (Å²) in [6.07, 6.45) is -5.76. The molecule has 1 unspecified atom stereocenters. The van der Waals surface area contributed by atoms with Crippen LogP contribution in [0.1, 0.15) is 17.5 Å². The summed E-state index contributed by atoms with van der Waals surface area (Å²) in [7, 11) is 0. The first-order chi connectivity index (χ1) is 8.30. The van der Waals surface area contributed by atoms with Gasteiger partial charge in [0.25, 0.3) is 0 Å². The summed E-state index contributed by atoms with van der Waals surface area (Å²) in [6, 6.07) is 3.01. The molecule has 3 N–H and O–H groups in total. The Labute approximate surface area is 101 Å². The molecule has 0 saturated heterocycles. The van der Waals surface area contributed by atoms with Crippen molar-refractivity contribution in [2.75, 3.05) is 4.90 Å². The van der Waals surface area contributed by atoms with E-state index in [4.69, 9.17) is 10.8 Å². The van der Waals surface area contributed by atoms with Crippen molar-refractivity contribution in [1.82, 2.24) is 0 Å². The number of aryl methyl sites for hydroxylation is 1. The van der Waals surface area contributed by atoms with Crippen LogP contribution in [0.2, 0.25) is 0 Å². The normalized spacial score (nSPS) is 19.6. The Hall–Kier alpha value is -1.76. The average molecular weight is 260 g/mol. The van der Waals surface area contributed by atoms with Gasteiger partial charge in [0.1, 0.15) is 0 Å². The molecule has 0 aromatic heterocycles. The topological polar surface area (TPSA) is 66.6 Å². The van der Waals surface area contributed by atoms with Crippen LogP contribution in [0.3, 0.4) is 0 Å². The van der Waals surface area contributed by atoms with Gasteiger partial charge in [-0.2, -0.15) is 13.2 Å². The number of carboxylic acid groups (broad SMARTS) is 1. The summed E-state index contributed by atoms with van der Waals surface area (Å²) in [5, 5.41) is 9.01. The first-order valence-electron chi connectivity index (χ1n) is 5.28. The van der Waals surface area contributed by atoms with Crippen LogP contribution in [-0.4, -0.2) is 17.4 Å². The highest BCUT2D eigenvalue weighted by molar-refractivity contribution is 5.88. The largest absolute Gasteiger partial charge is 0.465 e. The van der Waals surface area contributed by atoms with Crippen LogP contribution in [-0.2, 0) is 12.6 Å². The SMILES string of the molecule is NC1CCc2cc(C(F)(F)F)ccc2N1C(=O)O. The molecule has 7 heteroatoms. The summed E-state index contributed by atoms with van der Waals surface area (Å²) in [5.74, 6) is 0. The van der Waals surface area contributed by atoms with Gasteiger partial charge in [-0.1, -0.05) is 0 Å². The maximum Gasteiger partial charge on any atom is 0.416 e. The predicted octanol–water partition coefficient (Wildman–Crippen LogP) is 2.42. The predicted molar refractivity (Wildman–Crippen MR) is 58.2 cm³/mol. The third-order valence-electron chi connectivity index (χ3n) is 2.91. The van der Waals surface area contributed by atoms with Crippen LogP contribution in [0, 0.1) is 0 Å². The fourth-order valence-electron chi connectivity index (χ4n) is 2.05. The van der Waals surface area contributed by atoms with Crippen molar-refractivity contribution in [3.05, 3.63) is 29.3 Å². The molecule has 0 spiro atoms. The number of hydrogen-bond donors (Lipinski definition) is 2. The van der Waals surface area contributed by atoms with Gasteiger partial charge in [-0.15, -0.1) is 0 Å². The third kappa shape index (κ3) is 2.13. The Balaban J connectivity index is 2.47. The van der Waals surface area contributed by atoms with Gasteiger partial charge < -0.3 is 10.8 Å². The number of amides is 1. The van der Waals surface area contributed by atoms with Crippen molar-refractivity contribution in [2.45, 2.75) is 25.2 Å². The lowest BCUT2D eigenvalue weighted by molar-refractivity contribution is -0.137. The molecule has 0 aliphatic carbocycles. The molecule has 2 rings (SSSR count). The number of benzene rings is 1. The molecule has 1 aliphatic rings. The summed E-state index contributed by atoms with van der Waals surface area (Å²) in [6.45, 7) is 0. The highest BCUT2D eigenvalue weighted by Gasteiger charge is 2.34. The first-order valence-corrected chi connectivity index (χ1v) is 5.28. The second-order valence-electron chi connectivity index (χ2n) is 4.10. The van der Waals surface area contributed by atoms with Crippen molar-refractivity contribution in [3.63, 3.8) is 0 Å². The molecule has 1 atom stereocenters. The molecule has 98 valence electrons. The van der Waals surface area contributed by atoms with E-state index in [0.717, 1.165) is 23.1 Å². The number of carbonyl (C=O) groups is 1. The smallest absolute Gasteiger partial charge is 0.416 e. The van der Waals surface area contributed by atoms with Crippen molar-refractivity contribution < 1.29 is 23.1 Å². The molecule has 0 fully saturated rings. The summed E-state index contributed by atoms with van der Waals surface area (Å²) in [5.41, 5.74) is 5.45. The van der Waals surface area contributed by atoms with E-state index in [-0.39, 0.29) is 5.69 Å². The molecular weight excluding hydrogens is 249 g/mol.